The van der Waals surface area contributed by atoms with Gasteiger partial charge in [-0.2, -0.15) is 4.31 Å². The molecule has 0 spiro atoms. The molecule has 1 aromatic heterocycles. The molecule has 112 valence electrons. The number of methoxy groups -OCH3 is 1. The number of ether oxygens (including phenoxy) is 2. The first-order valence-corrected chi connectivity index (χ1v) is 8.22. The van der Waals surface area contributed by atoms with Crippen LogP contribution in [0.1, 0.15) is 6.42 Å². The lowest BCUT2D eigenvalue weighted by Gasteiger charge is -2.16. The largest absolute Gasteiger partial charge is 0.486 e. The van der Waals surface area contributed by atoms with E-state index in [9.17, 15) is 13.2 Å². The fraction of sp³-hybridized carbons (Fsp3) is 0.545. The molecule has 1 saturated heterocycles. The molecule has 1 aromatic rings. The molecule has 0 aliphatic carbocycles. The van der Waals surface area contributed by atoms with E-state index in [4.69, 9.17) is 14.6 Å². The smallest absolute Gasteiger partial charge is 0.329 e. The maximum absolute atomic E-state index is 12.4. The summed E-state index contributed by atoms with van der Waals surface area (Å²) >= 11 is 1.21. The zero-order chi connectivity index (χ0) is 14.8. The van der Waals surface area contributed by atoms with E-state index in [-0.39, 0.29) is 17.5 Å². The van der Waals surface area contributed by atoms with Crippen LogP contribution in [0.4, 0.5) is 0 Å². The molecule has 7 nitrogen and oxygen atoms in total. The van der Waals surface area contributed by atoms with Gasteiger partial charge >= 0.3 is 5.97 Å². The van der Waals surface area contributed by atoms with Gasteiger partial charge in [0.05, 0.1) is 13.2 Å². The third kappa shape index (κ3) is 3.11. The Balaban J connectivity index is 2.07. The van der Waals surface area contributed by atoms with Crippen molar-refractivity contribution in [3.05, 3.63) is 11.4 Å². The molecule has 20 heavy (non-hydrogen) atoms. The van der Waals surface area contributed by atoms with Crippen LogP contribution in [0.2, 0.25) is 0 Å². The molecular weight excluding hydrogens is 306 g/mol. The lowest BCUT2D eigenvalue weighted by Crippen LogP contribution is -2.30. The predicted molar refractivity (Wildman–Crippen MR) is 71.6 cm³/mol. The van der Waals surface area contributed by atoms with Crippen molar-refractivity contribution in [2.45, 2.75) is 17.4 Å². The molecule has 0 unspecified atom stereocenters. The number of nitrogens with zero attached hydrogens (tertiary/aromatic N) is 1. The van der Waals surface area contributed by atoms with Crippen molar-refractivity contribution in [1.82, 2.24) is 4.31 Å². The van der Waals surface area contributed by atoms with Crippen molar-refractivity contribution < 1.29 is 27.8 Å². The number of carboxylic acids is 1. The third-order valence-electron chi connectivity index (χ3n) is 2.95. The summed E-state index contributed by atoms with van der Waals surface area (Å²) in [7, 11) is -2.19. The molecule has 1 aliphatic rings. The highest BCUT2D eigenvalue weighted by Crippen LogP contribution is 2.33. The van der Waals surface area contributed by atoms with Crippen LogP contribution >= 0.6 is 11.3 Å². The molecule has 0 bridgehead atoms. The van der Waals surface area contributed by atoms with Crippen molar-refractivity contribution in [1.29, 1.82) is 0 Å². The van der Waals surface area contributed by atoms with Crippen molar-refractivity contribution in [3.63, 3.8) is 0 Å². The van der Waals surface area contributed by atoms with Crippen LogP contribution < -0.4 is 4.74 Å². The van der Waals surface area contributed by atoms with E-state index >= 15 is 0 Å². The van der Waals surface area contributed by atoms with Crippen molar-refractivity contribution in [2.24, 2.45) is 0 Å². The first-order valence-electron chi connectivity index (χ1n) is 5.90. The Labute approximate surface area is 120 Å². The summed E-state index contributed by atoms with van der Waals surface area (Å²) in [5.74, 6) is -1.06. The average molecular weight is 321 g/mol. The SMILES string of the molecule is COc1sccc1S(=O)(=O)N1CC[C@@H](OCC(=O)O)C1. The molecule has 1 fully saturated rings. The van der Waals surface area contributed by atoms with Gasteiger partial charge in [0.2, 0.25) is 10.0 Å². The third-order valence-corrected chi connectivity index (χ3v) is 5.84. The minimum atomic E-state index is -3.62. The number of sulfonamides is 1. The molecule has 1 N–H and O–H groups in total. The fourth-order valence-electron chi connectivity index (χ4n) is 2.00. The highest BCUT2D eigenvalue weighted by Gasteiger charge is 2.35. The highest BCUT2D eigenvalue weighted by molar-refractivity contribution is 7.89. The molecule has 1 atom stereocenters. The minimum Gasteiger partial charge on any atom is -0.486 e. The van der Waals surface area contributed by atoms with Gasteiger partial charge in [-0.15, -0.1) is 11.3 Å². The normalized spacial score (nSPS) is 20.1. The van der Waals surface area contributed by atoms with Crippen LogP contribution in [-0.2, 0) is 19.6 Å². The lowest BCUT2D eigenvalue weighted by atomic mass is 10.3. The Morgan fingerprint density at radius 1 is 1.60 bits per heavy atom. The Kier molecular flexibility index (Phi) is 4.63. The molecule has 9 heteroatoms. The van der Waals surface area contributed by atoms with Crippen LogP contribution in [-0.4, -0.2) is 56.7 Å². The molecule has 0 radical (unpaired) electrons. The summed E-state index contributed by atoms with van der Waals surface area (Å²) < 4.78 is 36.3. The fourth-order valence-corrected chi connectivity index (χ4v) is 4.68. The molecule has 2 heterocycles. The number of thiophene rings is 1. The molecule has 0 saturated carbocycles. The van der Waals surface area contributed by atoms with E-state index in [1.165, 1.54) is 28.8 Å². The Morgan fingerprint density at radius 3 is 3.00 bits per heavy atom. The number of carbonyl (C=O) groups is 1. The summed E-state index contributed by atoms with van der Waals surface area (Å²) in [6.07, 6.45) is 0.101. The first kappa shape index (κ1) is 15.2. The van der Waals surface area contributed by atoms with Gasteiger partial charge in [0, 0.05) is 13.1 Å². The standard InChI is InChI=1S/C11H15NO6S2/c1-17-11-9(3-5-19-11)20(15,16)12-4-2-8(6-12)18-7-10(13)14/h3,5,8H,2,4,6-7H2,1H3,(H,13,14)/t8-/m1/s1. The first-order chi connectivity index (χ1) is 9.45. The van der Waals surface area contributed by atoms with E-state index in [2.05, 4.69) is 0 Å². The summed E-state index contributed by atoms with van der Waals surface area (Å²) in [6.45, 7) is 0.0561. The molecular formula is C11H15NO6S2. The molecule has 1 aliphatic heterocycles. The minimum absolute atomic E-state index is 0.142. The van der Waals surface area contributed by atoms with Gasteiger partial charge in [-0.1, -0.05) is 0 Å². The van der Waals surface area contributed by atoms with Gasteiger partial charge in [-0.25, -0.2) is 13.2 Å². The second kappa shape index (κ2) is 6.08. The summed E-state index contributed by atoms with van der Waals surface area (Å²) in [5.41, 5.74) is 0. The molecule has 0 aromatic carbocycles. The zero-order valence-corrected chi connectivity index (χ0v) is 12.4. The van der Waals surface area contributed by atoms with Crippen LogP contribution in [0, 0.1) is 0 Å². The number of hydrogen-bond acceptors (Lipinski definition) is 6. The Hall–Kier alpha value is -1.16. The second-order valence-electron chi connectivity index (χ2n) is 4.25. The van der Waals surface area contributed by atoms with E-state index in [1.54, 1.807) is 5.38 Å². The van der Waals surface area contributed by atoms with E-state index in [0.29, 0.717) is 18.0 Å². The van der Waals surface area contributed by atoms with Crippen LogP contribution in [0.25, 0.3) is 0 Å². The Bertz CT molecular complexity index is 581. The second-order valence-corrected chi connectivity index (χ2v) is 7.04. The van der Waals surface area contributed by atoms with E-state index < -0.39 is 22.6 Å². The van der Waals surface area contributed by atoms with Gasteiger partial charge in [0.1, 0.15) is 11.5 Å². The van der Waals surface area contributed by atoms with Crippen molar-refractivity contribution >= 4 is 27.3 Å². The number of rotatable bonds is 6. The van der Waals surface area contributed by atoms with Gasteiger partial charge in [-0.3, -0.25) is 0 Å². The Morgan fingerprint density at radius 2 is 2.35 bits per heavy atom. The quantitative estimate of drug-likeness (QED) is 0.825. The maximum atomic E-state index is 12.4. The number of carboxylic acid groups (broad SMARTS) is 1. The number of aliphatic carboxylic acids is 1. The highest BCUT2D eigenvalue weighted by atomic mass is 32.2. The average Bonchev–Trinajstić information content (AvgIpc) is 3.05. The van der Waals surface area contributed by atoms with Crippen LogP contribution in [0.5, 0.6) is 5.06 Å². The van der Waals surface area contributed by atoms with Crippen LogP contribution in [0.15, 0.2) is 16.3 Å². The van der Waals surface area contributed by atoms with Gasteiger partial charge in [0.25, 0.3) is 0 Å². The van der Waals surface area contributed by atoms with Crippen molar-refractivity contribution in [2.75, 3.05) is 26.8 Å². The summed E-state index contributed by atoms with van der Waals surface area (Å²) in [5, 5.41) is 10.5. The lowest BCUT2D eigenvalue weighted by molar-refractivity contribution is -0.144. The predicted octanol–water partition coefficient (Wildman–Crippen LogP) is 0.621. The van der Waals surface area contributed by atoms with Crippen LogP contribution in [0.3, 0.4) is 0 Å². The van der Waals surface area contributed by atoms with E-state index in [0.717, 1.165) is 0 Å². The van der Waals surface area contributed by atoms with Gasteiger partial charge < -0.3 is 14.6 Å². The summed E-state index contributed by atoms with van der Waals surface area (Å²) in [6, 6.07) is 1.50. The van der Waals surface area contributed by atoms with Gasteiger partial charge in [0.15, 0.2) is 5.06 Å². The summed E-state index contributed by atoms with van der Waals surface area (Å²) in [4.78, 5) is 10.6. The number of hydrogen-bond donors (Lipinski definition) is 1. The maximum Gasteiger partial charge on any atom is 0.329 e. The van der Waals surface area contributed by atoms with Gasteiger partial charge in [-0.05, 0) is 17.9 Å². The van der Waals surface area contributed by atoms with E-state index in [1.807, 2.05) is 0 Å². The van der Waals surface area contributed by atoms with Crippen molar-refractivity contribution in [3.8, 4) is 5.06 Å². The molecule has 0 amide bonds. The molecule has 2 rings (SSSR count). The topological polar surface area (TPSA) is 93.1 Å². The zero-order valence-electron chi connectivity index (χ0n) is 10.8. The monoisotopic (exact) mass is 321 g/mol.